The molecule has 0 fully saturated rings. The van der Waals surface area contributed by atoms with Crippen molar-refractivity contribution in [3.63, 3.8) is 0 Å². The van der Waals surface area contributed by atoms with Crippen molar-refractivity contribution in [3.05, 3.63) is 119 Å². The summed E-state index contributed by atoms with van der Waals surface area (Å²) >= 11 is 6.33. The summed E-state index contributed by atoms with van der Waals surface area (Å²) in [6, 6.07) is 28.0. The first-order valence-electron chi connectivity index (χ1n) is 15.5. The van der Waals surface area contributed by atoms with Crippen molar-refractivity contribution < 1.29 is 27.5 Å². The Morgan fingerprint density at radius 1 is 0.851 bits per heavy atom. The third-order valence-electron chi connectivity index (χ3n) is 7.94. The lowest BCUT2D eigenvalue weighted by molar-refractivity contribution is -0.140. The molecule has 0 spiro atoms. The summed E-state index contributed by atoms with van der Waals surface area (Å²) in [5.74, 6) is -0.0503. The van der Waals surface area contributed by atoms with Gasteiger partial charge in [-0.1, -0.05) is 79.2 Å². The number of nitrogens with zero attached hydrogens (tertiary/aromatic N) is 2. The van der Waals surface area contributed by atoms with Crippen LogP contribution >= 0.6 is 11.6 Å². The summed E-state index contributed by atoms with van der Waals surface area (Å²) in [7, 11) is -4.25. The number of amides is 2. The van der Waals surface area contributed by atoms with Gasteiger partial charge in [-0.15, -0.1) is 0 Å². The molecule has 47 heavy (non-hydrogen) atoms. The van der Waals surface area contributed by atoms with E-state index in [0.717, 1.165) is 9.87 Å². The van der Waals surface area contributed by atoms with E-state index in [1.54, 1.807) is 54.6 Å². The molecule has 5 rings (SSSR count). The van der Waals surface area contributed by atoms with Crippen molar-refractivity contribution in [2.24, 2.45) is 0 Å². The average molecular weight is 676 g/mol. The van der Waals surface area contributed by atoms with Gasteiger partial charge in [0.05, 0.1) is 10.6 Å². The Kier molecular flexibility index (Phi) is 11.1. The van der Waals surface area contributed by atoms with Gasteiger partial charge < -0.3 is 19.7 Å². The Bertz CT molecular complexity index is 1790. The van der Waals surface area contributed by atoms with Crippen LogP contribution in [0.2, 0.25) is 5.02 Å². The first-order chi connectivity index (χ1) is 22.7. The number of nitrogens with one attached hydrogen (secondary N) is 1. The summed E-state index contributed by atoms with van der Waals surface area (Å²) in [6.07, 6.45) is 0.907. The van der Waals surface area contributed by atoms with E-state index in [9.17, 15) is 18.0 Å². The van der Waals surface area contributed by atoms with Crippen molar-refractivity contribution in [3.8, 4) is 11.5 Å². The topological polar surface area (TPSA) is 105 Å². The number of fused-ring (bicyclic) bond motifs is 1. The number of hydrogen-bond donors (Lipinski definition) is 1. The normalized spacial score (nSPS) is 13.7. The quantitative estimate of drug-likeness (QED) is 0.190. The van der Waals surface area contributed by atoms with Crippen molar-refractivity contribution >= 4 is 39.1 Å². The van der Waals surface area contributed by atoms with Crippen LogP contribution in [-0.4, -0.2) is 57.0 Å². The zero-order chi connectivity index (χ0) is 33.4. The number of rotatable bonds is 13. The van der Waals surface area contributed by atoms with E-state index in [-0.39, 0.29) is 35.5 Å². The molecule has 0 aliphatic carbocycles. The maximum atomic E-state index is 14.6. The molecule has 9 nitrogen and oxygen atoms in total. The highest BCUT2D eigenvalue weighted by atomic mass is 35.5. The lowest BCUT2D eigenvalue weighted by Gasteiger charge is -2.34. The van der Waals surface area contributed by atoms with Crippen LogP contribution in [0.5, 0.6) is 11.5 Å². The molecule has 1 N–H and O–H groups in total. The molecule has 2 atom stereocenters. The monoisotopic (exact) mass is 675 g/mol. The number of sulfonamides is 1. The van der Waals surface area contributed by atoms with Crippen LogP contribution in [-0.2, 0) is 32.6 Å². The molecule has 1 heterocycles. The molecule has 0 saturated heterocycles. The fourth-order valence-corrected chi connectivity index (χ4v) is 6.90. The molecular formula is C36H38ClN3O6S. The SMILES string of the molecule is CC[C@@H](C)NC(=O)[C@H](Cc1ccccc1)N(Cc1cccc(Cl)c1)C(=O)CN(c1ccc2c(c1)OCCO2)S(=O)(=O)c1ccccc1. The number of halogens is 1. The molecule has 0 saturated carbocycles. The fraction of sp³-hybridized carbons (Fsp3) is 0.278. The third kappa shape index (κ3) is 8.44. The van der Waals surface area contributed by atoms with Crippen LogP contribution in [0.1, 0.15) is 31.4 Å². The highest BCUT2D eigenvalue weighted by Gasteiger charge is 2.35. The molecule has 11 heteroatoms. The summed E-state index contributed by atoms with van der Waals surface area (Å²) in [5, 5.41) is 3.51. The van der Waals surface area contributed by atoms with E-state index in [1.165, 1.54) is 17.0 Å². The maximum absolute atomic E-state index is 14.6. The van der Waals surface area contributed by atoms with Gasteiger partial charge in [0.15, 0.2) is 11.5 Å². The van der Waals surface area contributed by atoms with Crippen LogP contribution in [0.15, 0.2) is 108 Å². The van der Waals surface area contributed by atoms with Crippen molar-refractivity contribution in [1.29, 1.82) is 0 Å². The number of carbonyl (C=O) groups excluding carboxylic acids is 2. The zero-order valence-corrected chi connectivity index (χ0v) is 27.9. The molecule has 0 unspecified atom stereocenters. The van der Waals surface area contributed by atoms with Crippen molar-refractivity contribution in [1.82, 2.24) is 10.2 Å². The zero-order valence-electron chi connectivity index (χ0n) is 26.3. The Hall–Kier alpha value is -4.54. The van der Waals surface area contributed by atoms with Crippen LogP contribution in [0.25, 0.3) is 0 Å². The minimum Gasteiger partial charge on any atom is -0.486 e. The van der Waals surface area contributed by atoms with E-state index >= 15 is 0 Å². The molecule has 4 aromatic carbocycles. The second-order valence-corrected chi connectivity index (χ2v) is 13.6. The summed E-state index contributed by atoms with van der Waals surface area (Å²) in [6.45, 7) is 3.98. The van der Waals surface area contributed by atoms with Gasteiger partial charge in [0.2, 0.25) is 11.8 Å². The molecule has 0 bridgehead atoms. The Balaban J connectivity index is 1.59. The van der Waals surface area contributed by atoms with Gasteiger partial charge in [0.1, 0.15) is 25.8 Å². The number of ether oxygens (including phenoxy) is 2. The Morgan fingerprint density at radius 3 is 2.19 bits per heavy atom. The Morgan fingerprint density at radius 2 is 1.51 bits per heavy atom. The van der Waals surface area contributed by atoms with E-state index < -0.39 is 28.5 Å². The number of anilines is 1. The lowest BCUT2D eigenvalue weighted by atomic mass is 10.0. The second kappa shape index (κ2) is 15.4. The average Bonchev–Trinajstić information content (AvgIpc) is 3.09. The molecule has 1 aliphatic heterocycles. The van der Waals surface area contributed by atoms with E-state index in [1.807, 2.05) is 50.2 Å². The first-order valence-corrected chi connectivity index (χ1v) is 17.3. The van der Waals surface area contributed by atoms with Gasteiger partial charge in [0.25, 0.3) is 10.0 Å². The van der Waals surface area contributed by atoms with Crippen molar-refractivity contribution in [2.45, 2.75) is 50.2 Å². The Labute approximate surface area is 281 Å². The number of hydrogen-bond acceptors (Lipinski definition) is 6. The molecular weight excluding hydrogens is 638 g/mol. The van der Waals surface area contributed by atoms with Crippen LogP contribution < -0.4 is 19.1 Å². The predicted molar refractivity (Wildman–Crippen MR) is 182 cm³/mol. The van der Waals surface area contributed by atoms with Gasteiger partial charge in [-0.3, -0.25) is 13.9 Å². The van der Waals surface area contributed by atoms with Gasteiger partial charge in [-0.25, -0.2) is 8.42 Å². The smallest absolute Gasteiger partial charge is 0.264 e. The van der Waals surface area contributed by atoms with Gasteiger partial charge >= 0.3 is 0 Å². The summed E-state index contributed by atoms with van der Waals surface area (Å²) in [5.41, 5.74) is 1.76. The van der Waals surface area contributed by atoms with Crippen LogP contribution in [0.3, 0.4) is 0 Å². The summed E-state index contributed by atoms with van der Waals surface area (Å²) in [4.78, 5) is 30.0. The van der Waals surface area contributed by atoms with Gasteiger partial charge in [-0.05, 0) is 60.9 Å². The second-order valence-electron chi connectivity index (χ2n) is 11.3. The van der Waals surface area contributed by atoms with E-state index in [2.05, 4.69) is 5.32 Å². The first kappa shape index (κ1) is 33.8. The van der Waals surface area contributed by atoms with Gasteiger partial charge in [0, 0.05) is 30.1 Å². The molecule has 2 amide bonds. The number of carbonyl (C=O) groups is 2. The molecule has 246 valence electrons. The minimum atomic E-state index is -4.25. The molecule has 1 aliphatic rings. The highest BCUT2D eigenvalue weighted by Crippen LogP contribution is 2.36. The largest absolute Gasteiger partial charge is 0.486 e. The van der Waals surface area contributed by atoms with Crippen LogP contribution in [0, 0.1) is 0 Å². The molecule has 4 aromatic rings. The van der Waals surface area contributed by atoms with E-state index in [4.69, 9.17) is 21.1 Å². The van der Waals surface area contributed by atoms with Crippen molar-refractivity contribution in [2.75, 3.05) is 24.1 Å². The predicted octanol–water partition coefficient (Wildman–Crippen LogP) is 5.86. The fourth-order valence-electron chi connectivity index (χ4n) is 5.26. The molecule has 0 aromatic heterocycles. The van der Waals surface area contributed by atoms with Crippen LogP contribution in [0.4, 0.5) is 5.69 Å². The molecule has 0 radical (unpaired) electrons. The summed E-state index contributed by atoms with van der Waals surface area (Å²) < 4.78 is 40.9. The van der Waals surface area contributed by atoms with Gasteiger partial charge in [-0.2, -0.15) is 0 Å². The highest BCUT2D eigenvalue weighted by molar-refractivity contribution is 7.92. The number of benzene rings is 4. The van der Waals surface area contributed by atoms with E-state index in [0.29, 0.717) is 41.7 Å². The third-order valence-corrected chi connectivity index (χ3v) is 9.96. The standard InChI is InChI=1S/C36H38ClN3O6S/c1-3-26(2)38-36(42)32(22-27-11-6-4-7-12-27)39(24-28-13-10-14-29(37)21-28)35(41)25-40(47(43,44)31-15-8-5-9-16-31)30-17-18-33-34(23-30)46-20-19-45-33/h4-18,21,23,26,32H,3,19-20,22,24-25H2,1-2H3,(H,38,42)/t26-,32+/m1/s1. The maximum Gasteiger partial charge on any atom is 0.264 e. The minimum absolute atomic E-state index is 0.0134. The lowest BCUT2D eigenvalue weighted by Crippen LogP contribution is -2.54.